The van der Waals surface area contributed by atoms with E-state index in [0.717, 1.165) is 11.1 Å². The minimum atomic E-state index is -0.0306. The van der Waals surface area contributed by atoms with Gasteiger partial charge in [0.15, 0.2) is 0 Å². The van der Waals surface area contributed by atoms with Crippen LogP contribution in [0.4, 0.5) is 0 Å². The van der Waals surface area contributed by atoms with Crippen LogP contribution in [0.5, 0.6) is 0 Å². The molecule has 0 spiro atoms. The molecule has 1 aliphatic rings. The molecule has 3 nitrogen and oxygen atoms in total. The average molecular weight is 317 g/mol. The summed E-state index contributed by atoms with van der Waals surface area (Å²) >= 11 is 0. The number of nitrogens with one attached hydrogen (secondary N) is 1. The van der Waals surface area contributed by atoms with Gasteiger partial charge in [0.1, 0.15) is 0 Å². The first-order valence-electron chi connectivity index (χ1n) is 7.44. The second-order valence-corrected chi connectivity index (χ2v) is 5.60. The molecule has 4 heteroatoms. The molecule has 0 aromatic heterocycles. The van der Waals surface area contributed by atoms with Gasteiger partial charge in [-0.05, 0) is 42.0 Å². The molecule has 1 amide bonds. The fourth-order valence-corrected chi connectivity index (χ4v) is 2.56. The summed E-state index contributed by atoms with van der Waals surface area (Å²) in [6.45, 7) is 0.512. The van der Waals surface area contributed by atoms with E-state index in [-0.39, 0.29) is 24.4 Å². The van der Waals surface area contributed by atoms with E-state index >= 15 is 0 Å². The van der Waals surface area contributed by atoms with Crippen LogP contribution in [0.2, 0.25) is 0 Å². The van der Waals surface area contributed by atoms with E-state index in [1.54, 1.807) is 0 Å². The zero-order valence-electron chi connectivity index (χ0n) is 12.4. The maximum Gasteiger partial charge on any atom is 0.251 e. The highest BCUT2D eigenvalue weighted by Crippen LogP contribution is 2.32. The van der Waals surface area contributed by atoms with E-state index in [9.17, 15) is 4.79 Å². The summed E-state index contributed by atoms with van der Waals surface area (Å²) in [4.78, 5) is 12.2. The quantitative estimate of drug-likeness (QED) is 0.889. The molecule has 0 aliphatic heterocycles. The molecule has 22 heavy (non-hydrogen) atoms. The lowest BCUT2D eigenvalue weighted by Gasteiger charge is -2.16. The van der Waals surface area contributed by atoms with Gasteiger partial charge < -0.3 is 11.1 Å². The number of amides is 1. The predicted molar refractivity (Wildman–Crippen MR) is 92.2 cm³/mol. The standard InChI is InChI=1S/C18H20N2O.ClH/c19-12-17(15-8-9-15)20-18(21)16-10-6-14(7-11-16)13-4-2-1-3-5-13;/h1-7,10-11,15,17H,8-9,12,19H2,(H,20,21);1H. The summed E-state index contributed by atoms with van der Waals surface area (Å²) in [5.74, 6) is 0.541. The lowest BCUT2D eigenvalue weighted by molar-refractivity contribution is 0.0933. The summed E-state index contributed by atoms with van der Waals surface area (Å²) in [7, 11) is 0. The third kappa shape index (κ3) is 3.87. The zero-order valence-corrected chi connectivity index (χ0v) is 13.2. The molecule has 3 N–H and O–H groups in total. The number of halogens is 1. The Balaban J connectivity index is 0.00000176. The van der Waals surface area contributed by atoms with Crippen molar-refractivity contribution >= 4 is 18.3 Å². The number of benzene rings is 2. The molecule has 1 aliphatic carbocycles. The molecule has 0 bridgehead atoms. The molecule has 0 saturated heterocycles. The second-order valence-electron chi connectivity index (χ2n) is 5.60. The fourth-order valence-electron chi connectivity index (χ4n) is 2.56. The van der Waals surface area contributed by atoms with Crippen LogP contribution in [-0.2, 0) is 0 Å². The SMILES string of the molecule is Cl.NCC(NC(=O)c1ccc(-c2ccccc2)cc1)C1CC1. The predicted octanol–water partition coefficient (Wildman–Crippen LogP) is 3.24. The van der Waals surface area contributed by atoms with Crippen molar-refractivity contribution in [1.82, 2.24) is 5.32 Å². The first-order valence-corrected chi connectivity index (χ1v) is 7.44. The molecule has 1 saturated carbocycles. The van der Waals surface area contributed by atoms with Gasteiger partial charge in [-0.25, -0.2) is 0 Å². The van der Waals surface area contributed by atoms with Crippen molar-refractivity contribution in [2.75, 3.05) is 6.54 Å². The number of nitrogens with two attached hydrogens (primary N) is 1. The van der Waals surface area contributed by atoms with Crippen LogP contribution in [0.15, 0.2) is 54.6 Å². The Morgan fingerprint density at radius 2 is 1.64 bits per heavy atom. The Morgan fingerprint density at radius 1 is 1.05 bits per heavy atom. The largest absolute Gasteiger partial charge is 0.348 e. The molecule has 1 atom stereocenters. The Bertz CT molecular complexity index is 609. The number of hydrogen-bond donors (Lipinski definition) is 2. The molecule has 2 aromatic rings. The van der Waals surface area contributed by atoms with Crippen molar-refractivity contribution in [3.63, 3.8) is 0 Å². The Labute approximate surface area is 137 Å². The molecule has 2 aromatic carbocycles. The maximum absolute atomic E-state index is 12.2. The van der Waals surface area contributed by atoms with Gasteiger partial charge in [-0.15, -0.1) is 12.4 Å². The van der Waals surface area contributed by atoms with Crippen LogP contribution >= 0.6 is 12.4 Å². The molecule has 116 valence electrons. The van der Waals surface area contributed by atoms with Gasteiger partial charge in [-0.1, -0.05) is 42.5 Å². The summed E-state index contributed by atoms with van der Waals surface area (Å²) < 4.78 is 0. The third-order valence-corrected chi connectivity index (χ3v) is 4.02. The van der Waals surface area contributed by atoms with E-state index in [1.165, 1.54) is 12.8 Å². The first kappa shape index (κ1) is 16.5. The van der Waals surface area contributed by atoms with Crippen LogP contribution in [0, 0.1) is 5.92 Å². The fraction of sp³-hybridized carbons (Fsp3) is 0.278. The lowest BCUT2D eigenvalue weighted by atomic mass is 10.0. The molecule has 0 heterocycles. The van der Waals surface area contributed by atoms with Crippen LogP contribution in [0.1, 0.15) is 23.2 Å². The van der Waals surface area contributed by atoms with Crippen LogP contribution in [0.3, 0.4) is 0 Å². The molecule has 3 rings (SSSR count). The zero-order chi connectivity index (χ0) is 14.7. The summed E-state index contributed by atoms with van der Waals surface area (Å²) in [5.41, 5.74) is 8.68. The van der Waals surface area contributed by atoms with Gasteiger partial charge in [0, 0.05) is 18.2 Å². The van der Waals surface area contributed by atoms with Crippen molar-refractivity contribution in [2.45, 2.75) is 18.9 Å². The van der Waals surface area contributed by atoms with Gasteiger partial charge in [-0.2, -0.15) is 0 Å². The average Bonchev–Trinajstić information content (AvgIpc) is 3.38. The van der Waals surface area contributed by atoms with Crippen molar-refractivity contribution in [2.24, 2.45) is 11.7 Å². The number of rotatable bonds is 5. The van der Waals surface area contributed by atoms with Crippen molar-refractivity contribution in [3.05, 3.63) is 60.2 Å². The van der Waals surface area contributed by atoms with Gasteiger partial charge in [0.25, 0.3) is 5.91 Å². The van der Waals surface area contributed by atoms with Crippen molar-refractivity contribution < 1.29 is 4.79 Å². The van der Waals surface area contributed by atoms with Crippen LogP contribution < -0.4 is 11.1 Å². The highest BCUT2D eigenvalue weighted by Gasteiger charge is 2.31. The van der Waals surface area contributed by atoms with Crippen molar-refractivity contribution in [3.8, 4) is 11.1 Å². The smallest absolute Gasteiger partial charge is 0.251 e. The Morgan fingerprint density at radius 3 is 2.18 bits per heavy atom. The van der Waals surface area contributed by atoms with Crippen molar-refractivity contribution in [1.29, 1.82) is 0 Å². The van der Waals surface area contributed by atoms with Gasteiger partial charge >= 0.3 is 0 Å². The third-order valence-electron chi connectivity index (χ3n) is 4.02. The first-order chi connectivity index (χ1) is 10.3. The minimum Gasteiger partial charge on any atom is -0.348 e. The van der Waals surface area contributed by atoms with E-state index < -0.39 is 0 Å². The van der Waals surface area contributed by atoms with Gasteiger partial charge in [-0.3, -0.25) is 4.79 Å². The topological polar surface area (TPSA) is 55.1 Å². The summed E-state index contributed by atoms with van der Waals surface area (Å²) in [5, 5.41) is 3.04. The number of hydrogen-bond acceptors (Lipinski definition) is 2. The van der Waals surface area contributed by atoms with Gasteiger partial charge in [0.05, 0.1) is 0 Å². The minimum absolute atomic E-state index is 0. The highest BCUT2D eigenvalue weighted by atomic mass is 35.5. The molecular weight excluding hydrogens is 296 g/mol. The Hall–Kier alpha value is -1.84. The summed E-state index contributed by atoms with van der Waals surface area (Å²) in [6.07, 6.45) is 2.35. The lowest BCUT2D eigenvalue weighted by Crippen LogP contribution is -2.41. The molecule has 1 fully saturated rings. The second kappa shape index (κ2) is 7.43. The van der Waals surface area contributed by atoms with E-state index in [2.05, 4.69) is 17.4 Å². The van der Waals surface area contributed by atoms with E-state index in [1.807, 2.05) is 42.5 Å². The monoisotopic (exact) mass is 316 g/mol. The van der Waals surface area contributed by atoms with Crippen LogP contribution in [-0.4, -0.2) is 18.5 Å². The number of carbonyl (C=O) groups is 1. The molecular formula is C18H21ClN2O. The molecule has 1 unspecified atom stereocenters. The maximum atomic E-state index is 12.2. The van der Waals surface area contributed by atoms with E-state index in [0.29, 0.717) is 18.0 Å². The number of carbonyl (C=O) groups excluding carboxylic acids is 1. The van der Waals surface area contributed by atoms with E-state index in [4.69, 9.17) is 5.73 Å². The van der Waals surface area contributed by atoms with Gasteiger partial charge in [0.2, 0.25) is 0 Å². The van der Waals surface area contributed by atoms with Crippen LogP contribution in [0.25, 0.3) is 11.1 Å². The molecule has 0 radical (unpaired) electrons. The summed E-state index contributed by atoms with van der Waals surface area (Å²) in [6, 6.07) is 18.0. The highest BCUT2D eigenvalue weighted by molar-refractivity contribution is 5.95. The Kier molecular flexibility index (Phi) is 5.58. The normalized spacial score (nSPS) is 14.8.